The number of hydrogen-bond donors (Lipinski definition) is 2. The van der Waals surface area contributed by atoms with E-state index in [0.717, 1.165) is 5.69 Å². The standard InChI is InChI=1S/C11H17N3O.2ClH/c1-8(7-12-3)11(15)14-10-6-4-5-9(2)13-10;;/h4-6,8,12H,7H2,1-3H3,(H,13,14,15);2*1H. The van der Waals surface area contributed by atoms with Gasteiger partial charge in [0.1, 0.15) is 5.82 Å². The van der Waals surface area contributed by atoms with E-state index in [0.29, 0.717) is 12.4 Å². The lowest BCUT2D eigenvalue weighted by Crippen LogP contribution is -2.28. The van der Waals surface area contributed by atoms with E-state index in [9.17, 15) is 4.79 Å². The highest BCUT2D eigenvalue weighted by Crippen LogP contribution is 2.05. The van der Waals surface area contributed by atoms with E-state index in [-0.39, 0.29) is 36.6 Å². The molecule has 0 bridgehead atoms. The maximum absolute atomic E-state index is 11.6. The molecule has 0 aliphatic heterocycles. The summed E-state index contributed by atoms with van der Waals surface area (Å²) in [5.74, 6) is 0.544. The first-order valence-corrected chi connectivity index (χ1v) is 5.02. The summed E-state index contributed by atoms with van der Waals surface area (Å²) in [5.41, 5.74) is 0.897. The molecule has 98 valence electrons. The maximum atomic E-state index is 11.6. The second-order valence-corrected chi connectivity index (χ2v) is 3.61. The number of anilines is 1. The Balaban J connectivity index is 0. The van der Waals surface area contributed by atoms with Crippen LogP contribution in [0.5, 0.6) is 0 Å². The van der Waals surface area contributed by atoms with Gasteiger partial charge in [-0.2, -0.15) is 0 Å². The third kappa shape index (κ3) is 6.46. The van der Waals surface area contributed by atoms with Gasteiger partial charge in [-0.25, -0.2) is 4.98 Å². The van der Waals surface area contributed by atoms with Crippen molar-refractivity contribution in [1.82, 2.24) is 10.3 Å². The minimum Gasteiger partial charge on any atom is -0.319 e. The van der Waals surface area contributed by atoms with Crippen LogP contribution in [0.25, 0.3) is 0 Å². The van der Waals surface area contributed by atoms with Crippen LogP contribution in [0.2, 0.25) is 0 Å². The van der Waals surface area contributed by atoms with E-state index in [2.05, 4.69) is 15.6 Å². The summed E-state index contributed by atoms with van der Waals surface area (Å²) < 4.78 is 0. The van der Waals surface area contributed by atoms with Gasteiger partial charge in [0.2, 0.25) is 5.91 Å². The number of aromatic nitrogens is 1. The van der Waals surface area contributed by atoms with Crippen molar-refractivity contribution in [2.45, 2.75) is 13.8 Å². The number of halogens is 2. The molecule has 0 aliphatic carbocycles. The molecule has 1 aromatic rings. The molecule has 0 saturated carbocycles. The first-order chi connectivity index (χ1) is 7.13. The number of pyridine rings is 1. The molecule has 1 rings (SSSR count). The van der Waals surface area contributed by atoms with Crippen molar-refractivity contribution in [3.63, 3.8) is 0 Å². The highest BCUT2D eigenvalue weighted by molar-refractivity contribution is 5.91. The molecule has 6 heteroatoms. The molecule has 1 aromatic heterocycles. The van der Waals surface area contributed by atoms with Crippen LogP contribution in [0.1, 0.15) is 12.6 Å². The Labute approximate surface area is 114 Å². The monoisotopic (exact) mass is 279 g/mol. The number of carbonyl (C=O) groups excluding carboxylic acids is 1. The van der Waals surface area contributed by atoms with E-state index in [4.69, 9.17) is 0 Å². The molecule has 1 amide bonds. The van der Waals surface area contributed by atoms with E-state index in [1.165, 1.54) is 0 Å². The smallest absolute Gasteiger partial charge is 0.229 e. The summed E-state index contributed by atoms with van der Waals surface area (Å²) in [7, 11) is 1.83. The molecule has 1 unspecified atom stereocenters. The second kappa shape index (κ2) is 9.22. The molecule has 0 radical (unpaired) electrons. The van der Waals surface area contributed by atoms with E-state index >= 15 is 0 Å². The summed E-state index contributed by atoms with van der Waals surface area (Å²) in [5, 5.41) is 5.74. The number of hydrogen-bond acceptors (Lipinski definition) is 3. The van der Waals surface area contributed by atoms with Gasteiger partial charge < -0.3 is 10.6 Å². The zero-order valence-electron chi connectivity index (χ0n) is 10.2. The van der Waals surface area contributed by atoms with Crippen LogP contribution in [0.3, 0.4) is 0 Å². The number of nitrogens with zero attached hydrogens (tertiary/aromatic N) is 1. The average Bonchev–Trinajstić information content (AvgIpc) is 2.18. The zero-order chi connectivity index (χ0) is 11.3. The molecule has 0 aromatic carbocycles. The van der Waals surface area contributed by atoms with Crippen molar-refractivity contribution in [2.75, 3.05) is 18.9 Å². The molecule has 0 spiro atoms. The molecular formula is C11H19Cl2N3O. The number of aryl methyl sites for hydroxylation is 1. The molecule has 0 aliphatic rings. The lowest BCUT2D eigenvalue weighted by molar-refractivity contribution is -0.119. The molecule has 0 saturated heterocycles. The Morgan fingerprint density at radius 2 is 2.06 bits per heavy atom. The van der Waals surface area contributed by atoms with Crippen molar-refractivity contribution in [2.24, 2.45) is 5.92 Å². The fourth-order valence-corrected chi connectivity index (χ4v) is 1.26. The SMILES string of the molecule is CNCC(C)C(=O)Nc1cccc(C)n1.Cl.Cl. The molecular weight excluding hydrogens is 261 g/mol. The van der Waals surface area contributed by atoms with Crippen molar-refractivity contribution in [3.05, 3.63) is 23.9 Å². The Morgan fingerprint density at radius 1 is 1.41 bits per heavy atom. The lowest BCUT2D eigenvalue weighted by Gasteiger charge is -2.10. The van der Waals surface area contributed by atoms with Crippen molar-refractivity contribution in [3.8, 4) is 0 Å². The number of carbonyl (C=O) groups is 1. The van der Waals surface area contributed by atoms with Gasteiger partial charge in [-0.15, -0.1) is 24.8 Å². The van der Waals surface area contributed by atoms with Crippen LogP contribution in [-0.2, 0) is 4.79 Å². The first-order valence-electron chi connectivity index (χ1n) is 5.02. The fraction of sp³-hybridized carbons (Fsp3) is 0.455. The largest absolute Gasteiger partial charge is 0.319 e. The highest BCUT2D eigenvalue weighted by atomic mass is 35.5. The van der Waals surface area contributed by atoms with Gasteiger partial charge >= 0.3 is 0 Å². The summed E-state index contributed by atoms with van der Waals surface area (Å²) in [6.07, 6.45) is 0. The van der Waals surface area contributed by atoms with Gasteiger partial charge in [0.05, 0.1) is 0 Å². The van der Waals surface area contributed by atoms with Crippen molar-refractivity contribution >= 4 is 36.5 Å². The average molecular weight is 280 g/mol. The predicted molar refractivity (Wildman–Crippen MR) is 75.2 cm³/mol. The normalized spacial score (nSPS) is 10.8. The third-order valence-electron chi connectivity index (χ3n) is 2.10. The Bertz CT molecular complexity index is 347. The van der Waals surface area contributed by atoms with E-state index in [1.54, 1.807) is 6.07 Å². The Kier molecular flexibility index (Phi) is 10.0. The second-order valence-electron chi connectivity index (χ2n) is 3.61. The van der Waals surface area contributed by atoms with Gasteiger partial charge in [0.25, 0.3) is 0 Å². The Hall–Kier alpha value is -0.840. The van der Waals surface area contributed by atoms with Crippen LogP contribution in [-0.4, -0.2) is 24.5 Å². The summed E-state index contributed by atoms with van der Waals surface area (Å²) in [6, 6.07) is 5.56. The van der Waals surface area contributed by atoms with Gasteiger partial charge in [-0.3, -0.25) is 4.79 Å². The van der Waals surface area contributed by atoms with Crippen molar-refractivity contribution in [1.29, 1.82) is 0 Å². The van der Waals surface area contributed by atoms with E-state index in [1.807, 2.05) is 33.0 Å². The summed E-state index contributed by atoms with van der Waals surface area (Å²) in [4.78, 5) is 15.8. The van der Waals surface area contributed by atoms with Crippen LogP contribution < -0.4 is 10.6 Å². The van der Waals surface area contributed by atoms with Crippen LogP contribution >= 0.6 is 24.8 Å². The molecule has 1 heterocycles. The molecule has 17 heavy (non-hydrogen) atoms. The molecule has 0 fully saturated rings. The van der Waals surface area contributed by atoms with Gasteiger partial charge in [0, 0.05) is 18.2 Å². The predicted octanol–water partition coefficient (Wildman–Crippen LogP) is 2.03. The third-order valence-corrected chi connectivity index (χ3v) is 2.10. The van der Waals surface area contributed by atoms with E-state index < -0.39 is 0 Å². The number of nitrogens with one attached hydrogen (secondary N) is 2. The van der Waals surface area contributed by atoms with Crippen LogP contribution in [0.15, 0.2) is 18.2 Å². The lowest BCUT2D eigenvalue weighted by atomic mass is 10.1. The minimum absolute atomic E-state index is 0. The summed E-state index contributed by atoms with van der Waals surface area (Å²) >= 11 is 0. The number of rotatable bonds is 4. The van der Waals surface area contributed by atoms with Gasteiger partial charge in [0.15, 0.2) is 0 Å². The Morgan fingerprint density at radius 3 is 2.59 bits per heavy atom. The van der Waals surface area contributed by atoms with Crippen LogP contribution in [0, 0.1) is 12.8 Å². The quantitative estimate of drug-likeness (QED) is 0.887. The zero-order valence-corrected chi connectivity index (χ0v) is 11.8. The highest BCUT2D eigenvalue weighted by Gasteiger charge is 2.11. The maximum Gasteiger partial charge on any atom is 0.229 e. The van der Waals surface area contributed by atoms with Gasteiger partial charge in [-0.1, -0.05) is 13.0 Å². The first kappa shape index (κ1) is 18.5. The molecule has 4 nitrogen and oxygen atoms in total. The van der Waals surface area contributed by atoms with Crippen molar-refractivity contribution < 1.29 is 4.79 Å². The van der Waals surface area contributed by atoms with Gasteiger partial charge in [-0.05, 0) is 26.1 Å². The fourth-order valence-electron chi connectivity index (χ4n) is 1.26. The number of amides is 1. The molecule has 1 atom stereocenters. The topological polar surface area (TPSA) is 54.0 Å². The summed E-state index contributed by atoms with van der Waals surface area (Å²) in [6.45, 7) is 4.44. The molecule has 2 N–H and O–H groups in total. The minimum atomic E-state index is -0.0580. The van der Waals surface area contributed by atoms with Crippen LogP contribution in [0.4, 0.5) is 5.82 Å².